The van der Waals surface area contributed by atoms with E-state index in [1.165, 1.54) is 4.31 Å². The van der Waals surface area contributed by atoms with Crippen LogP contribution in [0, 0.1) is 6.92 Å². The van der Waals surface area contributed by atoms with Gasteiger partial charge in [0.25, 0.3) is 0 Å². The number of nitrogen functional groups attached to an aromatic ring is 1. The zero-order valence-electron chi connectivity index (χ0n) is 16.4. The fraction of sp³-hybridized carbons (Fsp3) is 0.238. The summed E-state index contributed by atoms with van der Waals surface area (Å²) in [5.74, 6) is 0.418. The minimum atomic E-state index is -3.58. The van der Waals surface area contributed by atoms with Gasteiger partial charge in [-0.1, -0.05) is 6.07 Å². The van der Waals surface area contributed by atoms with Gasteiger partial charge in [-0.25, -0.2) is 18.4 Å². The highest BCUT2D eigenvalue weighted by atomic mass is 32.2. The van der Waals surface area contributed by atoms with E-state index in [0.29, 0.717) is 43.3 Å². The first-order chi connectivity index (χ1) is 14.4. The van der Waals surface area contributed by atoms with Gasteiger partial charge in [0.05, 0.1) is 30.0 Å². The van der Waals surface area contributed by atoms with Crippen LogP contribution in [0.3, 0.4) is 0 Å². The molecule has 1 saturated heterocycles. The van der Waals surface area contributed by atoms with Gasteiger partial charge in [0.2, 0.25) is 10.0 Å². The van der Waals surface area contributed by atoms with E-state index >= 15 is 0 Å². The van der Waals surface area contributed by atoms with Gasteiger partial charge >= 0.3 is 0 Å². The van der Waals surface area contributed by atoms with E-state index in [-0.39, 0.29) is 16.5 Å². The molecule has 9 heteroatoms. The van der Waals surface area contributed by atoms with Crippen molar-refractivity contribution < 1.29 is 18.3 Å². The molecule has 0 unspecified atom stereocenters. The van der Waals surface area contributed by atoms with Gasteiger partial charge < -0.3 is 15.6 Å². The standard InChI is InChI=1S/C21H22N4O4S/c1-14-12-16(4-7-19(14)30(27,28)25-8-10-29-11-9-25)18-13-23-21(22)20(24-18)15-2-5-17(26)6-3-15/h2-7,12-13,26H,8-11H2,1H3,(H2,22,23). The number of benzene rings is 2. The minimum absolute atomic E-state index is 0.147. The zero-order chi connectivity index (χ0) is 21.3. The molecule has 3 N–H and O–H groups in total. The number of phenolic OH excluding ortho intramolecular Hbond substituents is 1. The highest BCUT2D eigenvalue weighted by Crippen LogP contribution is 2.29. The van der Waals surface area contributed by atoms with E-state index in [1.54, 1.807) is 55.6 Å². The number of sulfonamides is 1. The number of aryl methyl sites for hydroxylation is 1. The predicted molar refractivity (Wildman–Crippen MR) is 113 cm³/mol. The zero-order valence-corrected chi connectivity index (χ0v) is 17.3. The average Bonchev–Trinajstić information content (AvgIpc) is 2.75. The molecule has 0 amide bonds. The quantitative estimate of drug-likeness (QED) is 0.658. The Morgan fingerprint density at radius 3 is 2.40 bits per heavy atom. The van der Waals surface area contributed by atoms with Gasteiger partial charge in [-0.05, 0) is 48.9 Å². The van der Waals surface area contributed by atoms with Crippen LogP contribution in [0.25, 0.3) is 22.5 Å². The van der Waals surface area contributed by atoms with Crippen LogP contribution in [0.1, 0.15) is 5.56 Å². The molecule has 0 bridgehead atoms. The van der Waals surface area contributed by atoms with Crippen molar-refractivity contribution >= 4 is 15.8 Å². The average molecular weight is 426 g/mol. The third-order valence-electron chi connectivity index (χ3n) is 5.00. The molecule has 1 aromatic heterocycles. The van der Waals surface area contributed by atoms with Gasteiger partial charge in [-0.15, -0.1) is 0 Å². The lowest BCUT2D eigenvalue weighted by molar-refractivity contribution is 0.0730. The Kier molecular flexibility index (Phi) is 5.42. The second-order valence-corrected chi connectivity index (χ2v) is 8.94. The van der Waals surface area contributed by atoms with Crippen LogP contribution < -0.4 is 5.73 Å². The van der Waals surface area contributed by atoms with Gasteiger partial charge in [-0.3, -0.25) is 0 Å². The van der Waals surface area contributed by atoms with Crippen LogP contribution in [0.4, 0.5) is 5.82 Å². The maximum atomic E-state index is 13.0. The van der Waals surface area contributed by atoms with Crippen LogP contribution in [-0.4, -0.2) is 54.1 Å². The van der Waals surface area contributed by atoms with Crippen molar-refractivity contribution in [3.8, 4) is 28.3 Å². The van der Waals surface area contributed by atoms with Crippen LogP contribution in [0.15, 0.2) is 53.6 Å². The Hall–Kier alpha value is -3.01. The molecule has 156 valence electrons. The van der Waals surface area contributed by atoms with Crippen molar-refractivity contribution in [1.82, 2.24) is 14.3 Å². The fourth-order valence-electron chi connectivity index (χ4n) is 3.39. The van der Waals surface area contributed by atoms with E-state index in [9.17, 15) is 13.5 Å². The van der Waals surface area contributed by atoms with Crippen molar-refractivity contribution in [2.24, 2.45) is 0 Å². The number of rotatable bonds is 4. The number of nitrogens with two attached hydrogens (primary N) is 1. The smallest absolute Gasteiger partial charge is 0.243 e. The summed E-state index contributed by atoms with van der Waals surface area (Å²) in [5.41, 5.74) is 9.16. The number of ether oxygens (including phenoxy) is 1. The molecule has 0 saturated carbocycles. The maximum Gasteiger partial charge on any atom is 0.243 e. The number of phenols is 1. The van der Waals surface area contributed by atoms with E-state index in [1.807, 2.05) is 0 Å². The molecule has 4 rings (SSSR count). The van der Waals surface area contributed by atoms with Gasteiger partial charge in [-0.2, -0.15) is 4.31 Å². The van der Waals surface area contributed by atoms with E-state index < -0.39 is 10.0 Å². The molecule has 1 aliphatic rings. The van der Waals surface area contributed by atoms with Crippen molar-refractivity contribution in [3.63, 3.8) is 0 Å². The summed E-state index contributed by atoms with van der Waals surface area (Å²) >= 11 is 0. The molecular formula is C21H22N4O4S. The number of nitrogens with zero attached hydrogens (tertiary/aromatic N) is 3. The number of aromatic nitrogens is 2. The highest BCUT2D eigenvalue weighted by Gasteiger charge is 2.27. The molecule has 30 heavy (non-hydrogen) atoms. The van der Waals surface area contributed by atoms with E-state index in [4.69, 9.17) is 10.5 Å². The minimum Gasteiger partial charge on any atom is -0.508 e. The van der Waals surface area contributed by atoms with Crippen LogP contribution in [-0.2, 0) is 14.8 Å². The van der Waals surface area contributed by atoms with Gasteiger partial charge in [0.1, 0.15) is 17.3 Å². The molecule has 3 aromatic rings. The fourth-order valence-corrected chi connectivity index (χ4v) is 5.01. The summed E-state index contributed by atoms with van der Waals surface area (Å²) in [5, 5.41) is 9.50. The Bertz CT molecular complexity index is 1170. The third kappa shape index (κ3) is 3.87. The van der Waals surface area contributed by atoms with Crippen molar-refractivity contribution in [1.29, 1.82) is 0 Å². The molecule has 2 heterocycles. The third-order valence-corrected chi connectivity index (χ3v) is 7.06. The van der Waals surface area contributed by atoms with Gasteiger partial charge in [0.15, 0.2) is 0 Å². The monoisotopic (exact) mass is 426 g/mol. The largest absolute Gasteiger partial charge is 0.508 e. The molecule has 1 aliphatic heterocycles. The Morgan fingerprint density at radius 1 is 1.07 bits per heavy atom. The lowest BCUT2D eigenvalue weighted by Crippen LogP contribution is -2.40. The number of hydrogen-bond donors (Lipinski definition) is 2. The first-order valence-corrected chi connectivity index (χ1v) is 10.9. The second kappa shape index (κ2) is 8.02. The molecule has 0 atom stereocenters. The molecule has 0 aliphatic carbocycles. The summed E-state index contributed by atoms with van der Waals surface area (Å²) < 4.78 is 32.7. The Labute approximate surface area is 175 Å². The van der Waals surface area contributed by atoms with Gasteiger partial charge in [0, 0.05) is 24.2 Å². The number of aromatic hydroxyl groups is 1. The van der Waals surface area contributed by atoms with Crippen LogP contribution in [0.5, 0.6) is 5.75 Å². The number of morpholine rings is 1. The normalized spacial score (nSPS) is 15.2. The lowest BCUT2D eigenvalue weighted by Gasteiger charge is -2.26. The SMILES string of the molecule is Cc1cc(-c2cnc(N)c(-c3ccc(O)cc3)n2)ccc1S(=O)(=O)N1CCOCC1. The molecule has 1 fully saturated rings. The Balaban J connectivity index is 1.69. The molecule has 0 spiro atoms. The molecule has 8 nitrogen and oxygen atoms in total. The number of hydrogen-bond acceptors (Lipinski definition) is 7. The first-order valence-electron chi connectivity index (χ1n) is 9.47. The van der Waals surface area contributed by atoms with Crippen molar-refractivity contribution in [2.45, 2.75) is 11.8 Å². The number of anilines is 1. The summed E-state index contributed by atoms with van der Waals surface area (Å²) in [6.45, 7) is 3.27. The predicted octanol–water partition coefficient (Wildman–Crippen LogP) is 2.43. The summed E-state index contributed by atoms with van der Waals surface area (Å²) in [6, 6.07) is 11.6. The second-order valence-electron chi connectivity index (χ2n) is 7.03. The van der Waals surface area contributed by atoms with E-state index in [0.717, 1.165) is 11.1 Å². The van der Waals surface area contributed by atoms with Crippen LogP contribution in [0.2, 0.25) is 0 Å². The van der Waals surface area contributed by atoms with Crippen molar-refractivity contribution in [2.75, 3.05) is 32.0 Å². The molecule has 0 radical (unpaired) electrons. The summed E-state index contributed by atoms with van der Waals surface area (Å²) in [7, 11) is -3.58. The van der Waals surface area contributed by atoms with Crippen LogP contribution >= 0.6 is 0 Å². The Morgan fingerprint density at radius 2 is 1.73 bits per heavy atom. The first kappa shape index (κ1) is 20.3. The van der Waals surface area contributed by atoms with Crippen molar-refractivity contribution in [3.05, 3.63) is 54.2 Å². The summed E-state index contributed by atoms with van der Waals surface area (Å²) in [6.07, 6.45) is 1.56. The molecule has 2 aromatic carbocycles. The molecular weight excluding hydrogens is 404 g/mol. The lowest BCUT2D eigenvalue weighted by atomic mass is 10.1. The maximum absolute atomic E-state index is 13.0. The van der Waals surface area contributed by atoms with E-state index in [2.05, 4.69) is 9.97 Å². The highest BCUT2D eigenvalue weighted by molar-refractivity contribution is 7.89. The summed E-state index contributed by atoms with van der Waals surface area (Å²) in [4.78, 5) is 9.13. The topological polar surface area (TPSA) is 119 Å².